The second kappa shape index (κ2) is 9.08. The number of Topliss-reactive ketones (excluding diaryl/α,β-unsaturated/α-hetero) is 1. The van der Waals surface area contributed by atoms with E-state index >= 15 is 0 Å². The van der Waals surface area contributed by atoms with Gasteiger partial charge in [0, 0.05) is 23.5 Å². The molecule has 5 nitrogen and oxygen atoms in total. The number of rotatable bonds is 4. The molecule has 2 aliphatic rings. The quantitative estimate of drug-likeness (QED) is 0.683. The van der Waals surface area contributed by atoms with Gasteiger partial charge in [-0.25, -0.2) is 4.98 Å². The van der Waals surface area contributed by atoms with Crippen LogP contribution in [-0.4, -0.2) is 21.2 Å². The van der Waals surface area contributed by atoms with Gasteiger partial charge in [-0.05, 0) is 30.5 Å². The standard InChI is InChI=1S/C18H20N2O.C7H7NO/c21-18(13-6-2-1-3-7-13)10-16-14-8-4-5-9-15(14)17-11-19-12-20(16)17;8-7(9)6-4-2-1-3-5-6/h4-5,8-9,11-13,16H,1-3,6-7,10H2;1-5H,(H2,8,9). The molecule has 1 unspecified atom stereocenters. The molecule has 1 fully saturated rings. The number of carbonyl (C=O) groups excluding carboxylic acids is 2. The summed E-state index contributed by atoms with van der Waals surface area (Å²) in [4.78, 5) is 27.3. The molecule has 0 spiro atoms. The summed E-state index contributed by atoms with van der Waals surface area (Å²) in [6.45, 7) is 0. The SMILES string of the molecule is NC(=O)c1ccccc1.O=C(CC1c2ccccc2-c2cncn21)C1CCCCC1. The number of amides is 1. The highest BCUT2D eigenvalue weighted by molar-refractivity contribution is 5.92. The second-order valence-corrected chi connectivity index (χ2v) is 8.02. The van der Waals surface area contributed by atoms with Crippen LogP contribution in [0.15, 0.2) is 67.1 Å². The Bertz CT molecular complexity index is 1020. The van der Waals surface area contributed by atoms with Crippen LogP contribution >= 0.6 is 0 Å². The minimum absolute atomic E-state index is 0.146. The Morgan fingerprint density at radius 1 is 0.967 bits per heavy atom. The number of primary amides is 1. The van der Waals surface area contributed by atoms with Crippen LogP contribution in [0.1, 0.15) is 60.5 Å². The van der Waals surface area contributed by atoms with E-state index in [-0.39, 0.29) is 11.9 Å². The first-order valence-corrected chi connectivity index (χ1v) is 10.6. The van der Waals surface area contributed by atoms with Gasteiger partial charge < -0.3 is 10.3 Å². The predicted molar refractivity (Wildman–Crippen MR) is 117 cm³/mol. The van der Waals surface area contributed by atoms with Crippen molar-refractivity contribution in [3.63, 3.8) is 0 Å². The summed E-state index contributed by atoms with van der Waals surface area (Å²) in [5, 5.41) is 0. The molecule has 0 bridgehead atoms. The number of aromatic nitrogens is 2. The van der Waals surface area contributed by atoms with Crippen LogP contribution in [-0.2, 0) is 4.79 Å². The normalized spacial score (nSPS) is 17.4. The fraction of sp³-hybridized carbons (Fsp3) is 0.320. The average molecular weight is 402 g/mol. The highest BCUT2D eigenvalue weighted by Gasteiger charge is 2.32. The Balaban J connectivity index is 0.000000204. The molecule has 3 aromatic rings. The van der Waals surface area contributed by atoms with Crippen molar-refractivity contribution in [1.82, 2.24) is 9.55 Å². The molecular weight excluding hydrogens is 374 g/mol. The van der Waals surface area contributed by atoms with Crippen molar-refractivity contribution in [2.75, 3.05) is 0 Å². The van der Waals surface area contributed by atoms with Gasteiger partial charge in [-0.2, -0.15) is 0 Å². The Hall–Kier alpha value is -3.21. The molecule has 5 rings (SSSR count). The van der Waals surface area contributed by atoms with Crippen LogP contribution in [0.2, 0.25) is 0 Å². The predicted octanol–water partition coefficient (Wildman–Crippen LogP) is 4.78. The Morgan fingerprint density at radius 3 is 2.37 bits per heavy atom. The van der Waals surface area contributed by atoms with Gasteiger partial charge in [0.05, 0.1) is 24.3 Å². The Kier molecular flexibility index (Phi) is 6.07. The summed E-state index contributed by atoms with van der Waals surface area (Å²) >= 11 is 0. The van der Waals surface area contributed by atoms with Crippen LogP contribution in [0.25, 0.3) is 11.3 Å². The maximum atomic E-state index is 12.7. The lowest BCUT2D eigenvalue weighted by Gasteiger charge is -2.22. The van der Waals surface area contributed by atoms with E-state index < -0.39 is 0 Å². The number of nitrogens with zero attached hydrogens (tertiary/aromatic N) is 2. The zero-order valence-corrected chi connectivity index (χ0v) is 17.0. The number of hydrogen-bond donors (Lipinski definition) is 1. The molecule has 1 aromatic heterocycles. The zero-order chi connectivity index (χ0) is 20.9. The van der Waals surface area contributed by atoms with Crippen molar-refractivity contribution >= 4 is 11.7 Å². The third-order valence-electron chi connectivity index (χ3n) is 6.11. The fourth-order valence-corrected chi connectivity index (χ4v) is 4.52. The summed E-state index contributed by atoms with van der Waals surface area (Å²) in [7, 11) is 0. The van der Waals surface area contributed by atoms with E-state index in [4.69, 9.17) is 5.73 Å². The van der Waals surface area contributed by atoms with Gasteiger partial charge in [-0.3, -0.25) is 9.59 Å². The van der Waals surface area contributed by atoms with E-state index in [0.29, 0.717) is 23.7 Å². The zero-order valence-electron chi connectivity index (χ0n) is 17.0. The van der Waals surface area contributed by atoms with Gasteiger partial charge in [0.2, 0.25) is 5.91 Å². The van der Waals surface area contributed by atoms with Crippen LogP contribution in [0.3, 0.4) is 0 Å². The van der Waals surface area contributed by atoms with Crippen molar-refractivity contribution in [3.8, 4) is 11.3 Å². The third kappa shape index (κ3) is 4.20. The second-order valence-electron chi connectivity index (χ2n) is 8.02. The number of ketones is 1. The lowest BCUT2D eigenvalue weighted by atomic mass is 9.83. The van der Waals surface area contributed by atoms with E-state index in [1.807, 2.05) is 18.6 Å². The molecule has 2 N–H and O–H groups in total. The summed E-state index contributed by atoms with van der Waals surface area (Å²) in [5.74, 6) is 0.352. The highest BCUT2D eigenvalue weighted by atomic mass is 16.1. The highest BCUT2D eigenvalue weighted by Crippen LogP contribution is 2.41. The van der Waals surface area contributed by atoms with Gasteiger partial charge in [0.1, 0.15) is 5.78 Å². The van der Waals surface area contributed by atoms with E-state index in [9.17, 15) is 9.59 Å². The lowest BCUT2D eigenvalue weighted by molar-refractivity contribution is -0.124. The first kappa shape index (κ1) is 20.1. The molecule has 1 saturated carbocycles. The fourth-order valence-electron chi connectivity index (χ4n) is 4.52. The van der Waals surface area contributed by atoms with Gasteiger partial charge in [0.25, 0.3) is 0 Å². The largest absolute Gasteiger partial charge is 0.366 e. The molecule has 1 aliphatic carbocycles. The molecule has 0 saturated heterocycles. The van der Waals surface area contributed by atoms with Gasteiger partial charge in [0.15, 0.2) is 0 Å². The summed E-state index contributed by atoms with van der Waals surface area (Å²) in [6.07, 6.45) is 10.3. The first-order chi connectivity index (χ1) is 14.6. The van der Waals surface area contributed by atoms with Crippen molar-refractivity contribution < 1.29 is 9.59 Å². The van der Waals surface area contributed by atoms with E-state index in [2.05, 4.69) is 33.8 Å². The molecule has 5 heteroatoms. The molecule has 2 heterocycles. The molecule has 1 amide bonds. The maximum absolute atomic E-state index is 12.7. The van der Waals surface area contributed by atoms with E-state index in [1.165, 1.54) is 30.4 Å². The van der Waals surface area contributed by atoms with Gasteiger partial charge in [-0.15, -0.1) is 0 Å². The molecule has 154 valence electrons. The molecule has 0 radical (unpaired) electrons. The van der Waals surface area contributed by atoms with Gasteiger partial charge in [-0.1, -0.05) is 61.7 Å². The van der Waals surface area contributed by atoms with E-state index in [1.54, 1.807) is 24.3 Å². The lowest BCUT2D eigenvalue weighted by Crippen LogP contribution is -2.21. The van der Waals surface area contributed by atoms with Crippen LogP contribution in [0.5, 0.6) is 0 Å². The van der Waals surface area contributed by atoms with Crippen molar-refractivity contribution in [2.45, 2.75) is 44.6 Å². The monoisotopic (exact) mass is 401 g/mol. The minimum atomic E-state index is -0.379. The maximum Gasteiger partial charge on any atom is 0.248 e. The smallest absolute Gasteiger partial charge is 0.248 e. The molecule has 1 aliphatic heterocycles. The van der Waals surface area contributed by atoms with Gasteiger partial charge >= 0.3 is 0 Å². The number of nitrogens with two attached hydrogens (primary N) is 1. The summed E-state index contributed by atoms with van der Waals surface area (Å²) < 4.78 is 2.17. The van der Waals surface area contributed by atoms with Crippen LogP contribution < -0.4 is 5.73 Å². The molecule has 2 aromatic carbocycles. The third-order valence-corrected chi connectivity index (χ3v) is 6.11. The summed E-state index contributed by atoms with van der Waals surface area (Å²) in [5.41, 5.74) is 9.18. The number of imidazole rings is 1. The topological polar surface area (TPSA) is 78.0 Å². The molecule has 1 atom stereocenters. The van der Waals surface area contributed by atoms with E-state index in [0.717, 1.165) is 18.5 Å². The Morgan fingerprint density at radius 2 is 1.67 bits per heavy atom. The summed E-state index contributed by atoms with van der Waals surface area (Å²) in [6, 6.07) is 17.3. The minimum Gasteiger partial charge on any atom is -0.366 e. The average Bonchev–Trinajstić information content (AvgIpc) is 3.38. The van der Waals surface area contributed by atoms with Crippen molar-refractivity contribution in [1.29, 1.82) is 0 Å². The molecular formula is C25H27N3O2. The van der Waals surface area contributed by atoms with Crippen molar-refractivity contribution in [3.05, 3.63) is 78.2 Å². The van der Waals surface area contributed by atoms with Crippen molar-refractivity contribution in [2.24, 2.45) is 11.7 Å². The number of benzene rings is 2. The number of carbonyl (C=O) groups is 2. The first-order valence-electron chi connectivity index (χ1n) is 10.6. The number of hydrogen-bond acceptors (Lipinski definition) is 3. The Labute approximate surface area is 176 Å². The molecule has 30 heavy (non-hydrogen) atoms. The van der Waals surface area contributed by atoms with Crippen LogP contribution in [0.4, 0.5) is 0 Å². The van der Waals surface area contributed by atoms with Crippen LogP contribution in [0, 0.1) is 5.92 Å². The number of fused-ring (bicyclic) bond motifs is 3.